The van der Waals surface area contributed by atoms with E-state index >= 15 is 0 Å². The van der Waals surface area contributed by atoms with Crippen molar-refractivity contribution >= 4 is 29.6 Å². The van der Waals surface area contributed by atoms with Gasteiger partial charge in [-0.2, -0.15) is 0 Å². The summed E-state index contributed by atoms with van der Waals surface area (Å²) in [6, 6.07) is -2.23. The largest absolute Gasteiger partial charge is 0.463 e. The maximum Gasteiger partial charge on any atom is 0.330 e. The lowest BCUT2D eigenvalue weighted by molar-refractivity contribution is -0.137. The third kappa shape index (κ3) is 10.4. The molecule has 10 heteroatoms. The van der Waals surface area contributed by atoms with Crippen molar-refractivity contribution in [1.29, 1.82) is 0 Å². The molecule has 0 aromatic rings. The van der Waals surface area contributed by atoms with Gasteiger partial charge in [0.15, 0.2) is 0 Å². The first-order chi connectivity index (χ1) is 15.9. The summed E-state index contributed by atoms with van der Waals surface area (Å²) in [5.74, 6) is -2.20. The molecule has 10 nitrogen and oxygen atoms in total. The summed E-state index contributed by atoms with van der Waals surface area (Å²) in [6.07, 6.45) is 4.08. The molecule has 1 aliphatic heterocycles. The second-order valence-electron chi connectivity index (χ2n) is 9.35. The molecule has 1 fully saturated rings. The van der Waals surface area contributed by atoms with E-state index in [1.54, 1.807) is 20.8 Å². The maximum atomic E-state index is 13.2. The summed E-state index contributed by atoms with van der Waals surface area (Å²) in [7, 11) is 0. The predicted molar refractivity (Wildman–Crippen MR) is 127 cm³/mol. The Morgan fingerprint density at radius 1 is 1.09 bits per heavy atom. The summed E-state index contributed by atoms with van der Waals surface area (Å²) in [6.45, 7) is 11.3. The molecule has 1 heterocycles. The Labute approximate surface area is 202 Å². The molecular weight excluding hydrogens is 440 g/mol. The van der Waals surface area contributed by atoms with Crippen LogP contribution in [-0.2, 0) is 28.7 Å². The molecule has 1 aliphatic rings. The zero-order valence-electron chi connectivity index (χ0n) is 21.1. The summed E-state index contributed by atoms with van der Waals surface area (Å²) in [4.78, 5) is 61.5. The van der Waals surface area contributed by atoms with E-state index in [-0.39, 0.29) is 36.2 Å². The van der Waals surface area contributed by atoms with Crippen LogP contribution in [0.5, 0.6) is 0 Å². The highest BCUT2D eigenvalue weighted by atomic mass is 16.5. The van der Waals surface area contributed by atoms with Gasteiger partial charge in [-0.1, -0.05) is 33.8 Å². The molecule has 0 bridgehead atoms. The molecule has 4 N–H and O–H groups in total. The van der Waals surface area contributed by atoms with Crippen LogP contribution in [0.15, 0.2) is 12.2 Å². The summed E-state index contributed by atoms with van der Waals surface area (Å²) < 4.78 is 4.91. The van der Waals surface area contributed by atoms with Crippen molar-refractivity contribution in [2.75, 3.05) is 13.2 Å². The van der Waals surface area contributed by atoms with E-state index in [1.165, 1.54) is 19.1 Å². The van der Waals surface area contributed by atoms with Crippen LogP contribution in [0.3, 0.4) is 0 Å². The predicted octanol–water partition coefficient (Wildman–Crippen LogP) is 0.808. The van der Waals surface area contributed by atoms with Gasteiger partial charge in [0.25, 0.3) is 0 Å². The lowest BCUT2D eigenvalue weighted by Gasteiger charge is -2.27. The van der Waals surface area contributed by atoms with Crippen LogP contribution in [0.4, 0.5) is 0 Å². The fraction of sp³-hybridized carbons (Fsp3) is 0.708. The number of hydrogen-bond donors (Lipinski definition) is 4. The Morgan fingerprint density at radius 3 is 2.26 bits per heavy atom. The Morgan fingerprint density at radius 2 is 1.76 bits per heavy atom. The maximum absolute atomic E-state index is 13.2. The van der Waals surface area contributed by atoms with Crippen molar-refractivity contribution in [3.05, 3.63) is 12.2 Å². The highest BCUT2D eigenvalue weighted by Gasteiger charge is 2.31. The second kappa shape index (κ2) is 14.4. The first-order valence-electron chi connectivity index (χ1n) is 11.9. The van der Waals surface area contributed by atoms with Crippen LogP contribution in [0.2, 0.25) is 0 Å². The number of nitrogens with one attached hydrogen (secondary N) is 4. The number of hydrogen-bond acceptors (Lipinski definition) is 6. The van der Waals surface area contributed by atoms with E-state index in [0.29, 0.717) is 25.8 Å². The smallest absolute Gasteiger partial charge is 0.330 e. The Hall–Kier alpha value is -2.91. The number of amides is 4. The molecule has 0 aromatic heterocycles. The standard InChI is InChI=1S/C24H40N4O6/c1-7-34-20(30)9-8-18(13-17-10-11-25-22(17)31)27-23(32)19(12-14(2)3)28-24(33)21(15(4)5)26-16(6)29/h8-9,14-15,17-19,21H,7,10-13H2,1-6H3,(H,25,31)(H,26,29)(H,27,32)(H,28,33)/b9-8+. The number of rotatable bonds is 13. The van der Waals surface area contributed by atoms with Crippen molar-refractivity contribution in [1.82, 2.24) is 21.3 Å². The fourth-order valence-corrected chi connectivity index (χ4v) is 3.75. The molecule has 0 radical (unpaired) electrons. The molecule has 4 unspecified atom stereocenters. The molecule has 4 atom stereocenters. The molecule has 34 heavy (non-hydrogen) atoms. The van der Waals surface area contributed by atoms with Crippen molar-refractivity contribution in [3.63, 3.8) is 0 Å². The molecule has 0 aliphatic carbocycles. The lowest BCUT2D eigenvalue weighted by atomic mass is 9.96. The van der Waals surface area contributed by atoms with Gasteiger partial charge >= 0.3 is 5.97 Å². The van der Waals surface area contributed by atoms with Gasteiger partial charge in [0.2, 0.25) is 23.6 Å². The van der Waals surface area contributed by atoms with E-state index in [0.717, 1.165) is 0 Å². The first-order valence-corrected chi connectivity index (χ1v) is 11.9. The average molecular weight is 481 g/mol. The van der Waals surface area contributed by atoms with Gasteiger partial charge in [-0.25, -0.2) is 4.79 Å². The van der Waals surface area contributed by atoms with Crippen molar-refractivity contribution < 1.29 is 28.7 Å². The highest BCUT2D eigenvalue weighted by molar-refractivity contribution is 5.92. The second-order valence-corrected chi connectivity index (χ2v) is 9.35. The molecule has 1 rings (SSSR count). The van der Waals surface area contributed by atoms with E-state index in [2.05, 4.69) is 21.3 Å². The van der Waals surface area contributed by atoms with Crippen molar-refractivity contribution in [3.8, 4) is 0 Å². The molecule has 0 aromatic carbocycles. The first kappa shape index (κ1) is 29.1. The fourth-order valence-electron chi connectivity index (χ4n) is 3.75. The monoisotopic (exact) mass is 480 g/mol. The zero-order valence-corrected chi connectivity index (χ0v) is 21.1. The third-order valence-corrected chi connectivity index (χ3v) is 5.43. The minimum Gasteiger partial charge on any atom is -0.463 e. The zero-order chi connectivity index (χ0) is 25.8. The molecule has 1 saturated heterocycles. The number of esters is 1. The van der Waals surface area contributed by atoms with Crippen LogP contribution in [0.25, 0.3) is 0 Å². The number of carbonyl (C=O) groups is 5. The number of carbonyl (C=O) groups excluding carboxylic acids is 5. The van der Waals surface area contributed by atoms with E-state index < -0.39 is 35.9 Å². The van der Waals surface area contributed by atoms with Gasteiger partial charge in [0.1, 0.15) is 12.1 Å². The quantitative estimate of drug-likeness (QED) is 0.227. The minimum atomic E-state index is -0.849. The number of ether oxygens (including phenoxy) is 1. The van der Waals surface area contributed by atoms with Gasteiger partial charge in [-0.3, -0.25) is 19.2 Å². The molecule has 0 saturated carbocycles. The van der Waals surface area contributed by atoms with Crippen LogP contribution >= 0.6 is 0 Å². The summed E-state index contributed by atoms with van der Waals surface area (Å²) in [5.41, 5.74) is 0. The Bertz CT molecular complexity index is 765. The van der Waals surface area contributed by atoms with E-state index in [9.17, 15) is 24.0 Å². The van der Waals surface area contributed by atoms with Crippen LogP contribution in [0.1, 0.15) is 60.8 Å². The normalized spacial score (nSPS) is 18.4. The van der Waals surface area contributed by atoms with Crippen molar-refractivity contribution in [2.45, 2.75) is 78.9 Å². The Balaban J connectivity index is 3.02. The van der Waals surface area contributed by atoms with Gasteiger partial charge in [-0.15, -0.1) is 0 Å². The van der Waals surface area contributed by atoms with Crippen LogP contribution < -0.4 is 21.3 Å². The minimum absolute atomic E-state index is 0.0918. The topological polar surface area (TPSA) is 143 Å². The van der Waals surface area contributed by atoms with Gasteiger partial charge in [0.05, 0.1) is 6.61 Å². The van der Waals surface area contributed by atoms with Gasteiger partial charge in [-0.05, 0) is 38.0 Å². The summed E-state index contributed by atoms with van der Waals surface area (Å²) >= 11 is 0. The van der Waals surface area contributed by atoms with E-state index in [1.807, 2.05) is 13.8 Å². The van der Waals surface area contributed by atoms with Gasteiger partial charge in [0, 0.05) is 31.5 Å². The summed E-state index contributed by atoms with van der Waals surface area (Å²) in [5, 5.41) is 11.0. The van der Waals surface area contributed by atoms with Crippen molar-refractivity contribution in [2.24, 2.45) is 17.8 Å². The van der Waals surface area contributed by atoms with E-state index in [4.69, 9.17) is 4.74 Å². The third-order valence-electron chi connectivity index (χ3n) is 5.43. The SMILES string of the molecule is CCOC(=O)/C=C/C(CC1CCNC1=O)NC(=O)C(CC(C)C)NC(=O)C(NC(C)=O)C(C)C. The Kier molecular flexibility index (Phi) is 12.3. The molecule has 192 valence electrons. The van der Waals surface area contributed by atoms with Crippen LogP contribution in [0, 0.1) is 17.8 Å². The molecular formula is C24H40N4O6. The molecule has 4 amide bonds. The van der Waals surface area contributed by atoms with Crippen LogP contribution in [-0.4, -0.2) is 60.9 Å². The van der Waals surface area contributed by atoms with Gasteiger partial charge < -0.3 is 26.0 Å². The lowest BCUT2D eigenvalue weighted by Crippen LogP contribution is -2.56. The molecule has 0 spiro atoms. The average Bonchev–Trinajstić information content (AvgIpc) is 3.13. The highest BCUT2D eigenvalue weighted by Crippen LogP contribution is 2.17.